The minimum Gasteiger partial charge on any atom is -0.333 e. The van der Waals surface area contributed by atoms with E-state index in [1.165, 1.54) is 0 Å². The monoisotopic (exact) mass is 309 g/mol. The average molecular weight is 309 g/mol. The van der Waals surface area contributed by atoms with Gasteiger partial charge in [0.05, 0.1) is 6.54 Å². The lowest BCUT2D eigenvalue weighted by Gasteiger charge is -2.21. The molecule has 8 nitrogen and oxygen atoms in total. The Hall–Kier alpha value is -3.13. The van der Waals surface area contributed by atoms with Crippen LogP contribution in [0, 0.1) is 0 Å². The summed E-state index contributed by atoms with van der Waals surface area (Å²) in [5.74, 6) is 1.01. The highest BCUT2D eigenvalue weighted by atomic mass is 16.1. The van der Waals surface area contributed by atoms with Gasteiger partial charge in [-0.3, -0.25) is 4.57 Å². The van der Waals surface area contributed by atoms with Crippen molar-refractivity contribution in [1.29, 1.82) is 0 Å². The molecule has 0 bridgehead atoms. The van der Waals surface area contributed by atoms with Crippen LogP contribution in [0.2, 0.25) is 0 Å². The SMILES string of the molecule is NC1NC(n2cccn2)=Nc2c1[nH]c(=O)n2Cc1ccccc1. The van der Waals surface area contributed by atoms with Crippen molar-refractivity contribution in [2.45, 2.75) is 12.7 Å². The Balaban J connectivity index is 1.80. The summed E-state index contributed by atoms with van der Waals surface area (Å²) >= 11 is 0. The molecule has 116 valence electrons. The number of hydrogen-bond donors (Lipinski definition) is 3. The number of aliphatic imine (C=N–C) groups is 1. The van der Waals surface area contributed by atoms with Crippen LogP contribution < -0.4 is 16.7 Å². The summed E-state index contributed by atoms with van der Waals surface area (Å²) in [7, 11) is 0. The molecule has 1 atom stereocenters. The summed E-state index contributed by atoms with van der Waals surface area (Å²) in [6, 6.07) is 11.5. The van der Waals surface area contributed by atoms with E-state index in [1.54, 1.807) is 27.7 Å². The van der Waals surface area contributed by atoms with Crippen LogP contribution >= 0.6 is 0 Å². The maximum Gasteiger partial charge on any atom is 0.327 e. The molecule has 0 saturated carbocycles. The molecule has 0 radical (unpaired) electrons. The number of fused-ring (bicyclic) bond motifs is 1. The second kappa shape index (κ2) is 5.25. The van der Waals surface area contributed by atoms with E-state index >= 15 is 0 Å². The molecule has 4 N–H and O–H groups in total. The zero-order chi connectivity index (χ0) is 15.8. The van der Waals surface area contributed by atoms with Crippen LogP contribution in [-0.4, -0.2) is 25.3 Å². The number of nitrogens with two attached hydrogens (primary N) is 1. The molecular formula is C15H15N7O. The average Bonchev–Trinajstić information content (AvgIpc) is 3.19. The normalized spacial score (nSPS) is 16.6. The Labute approximate surface area is 131 Å². The van der Waals surface area contributed by atoms with Crippen LogP contribution in [0.5, 0.6) is 0 Å². The topological polar surface area (TPSA) is 106 Å². The van der Waals surface area contributed by atoms with Gasteiger partial charge in [0.1, 0.15) is 11.9 Å². The number of H-pyrrole nitrogens is 1. The fourth-order valence-electron chi connectivity index (χ4n) is 2.59. The summed E-state index contributed by atoms with van der Waals surface area (Å²) in [6.07, 6.45) is 2.86. The van der Waals surface area contributed by atoms with E-state index < -0.39 is 6.17 Å². The van der Waals surface area contributed by atoms with Gasteiger partial charge in [-0.2, -0.15) is 10.1 Å². The van der Waals surface area contributed by atoms with Crippen molar-refractivity contribution >= 4 is 11.8 Å². The zero-order valence-electron chi connectivity index (χ0n) is 12.2. The van der Waals surface area contributed by atoms with Crippen LogP contribution in [0.25, 0.3) is 0 Å². The number of imidazole rings is 1. The smallest absolute Gasteiger partial charge is 0.327 e. The van der Waals surface area contributed by atoms with Gasteiger partial charge in [0.2, 0.25) is 5.96 Å². The molecule has 0 saturated heterocycles. The Bertz CT molecular complexity index is 905. The predicted molar refractivity (Wildman–Crippen MR) is 85.4 cm³/mol. The highest BCUT2D eigenvalue weighted by Gasteiger charge is 2.25. The van der Waals surface area contributed by atoms with Crippen LogP contribution in [0.3, 0.4) is 0 Å². The van der Waals surface area contributed by atoms with Crippen LogP contribution in [0.4, 0.5) is 5.82 Å². The second-order valence-corrected chi connectivity index (χ2v) is 5.25. The third-order valence-corrected chi connectivity index (χ3v) is 3.70. The Morgan fingerprint density at radius 2 is 2.04 bits per heavy atom. The van der Waals surface area contributed by atoms with Gasteiger partial charge >= 0.3 is 5.69 Å². The van der Waals surface area contributed by atoms with E-state index in [4.69, 9.17) is 5.73 Å². The van der Waals surface area contributed by atoms with Gasteiger partial charge in [0.15, 0.2) is 5.82 Å². The minimum absolute atomic E-state index is 0.235. The first-order valence-electron chi connectivity index (χ1n) is 7.20. The summed E-state index contributed by atoms with van der Waals surface area (Å²) in [6.45, 7) is 0.425. The molecule has 23 heavy (non-hydrogen) atoms. The van der Waals surface area contributed by atoms with Crippen LogP contribution in [0.1, 0.15) is 17.4 Å². The van der Waals surface area contributed by atoms with E-state index in [9.17, 15) is 4.79 Å². The molecule has 3 aromatic rings. The molecule has 1 aromatic carbocycles. The highest BCUT2D eigenvalue weighted by molar-refractivity contribution is 5.85. The summed E-state index contributed by atoms with van der Waals surface area (Å²) < 4.78 is 3.15. The molecule has 0 aliphatic carbocycles. The molecule has 0 fully saturated rings. The summed E-state index contributed by atoms with van der Waals surface area (Å²) in [5, 5.41) is 7.16. The molecule has 2 aromatic heterocycles. The van der Waals surface area contributed by atoms with Gasteiger partial charge in [0.25, 0.3) is 0 Å². The van der Waals surface area contributed by atoms with E-state index in [0.717, 1.165) is 5.56 Å². The number of nitrogens with one attached hydrogen (secondary N) is 2. The third kappa shape index (κ3) is 2.34. The number of rotatable bonds is 2. The molecule has 3 heterocycles. The molecule has 1 aliphatic heterocycles. The highest BCUT2D eigenvalue weighted by Crippen LogP contribution is 2.24. The Kier molecular flexibility index (Phi) is 3.09. The van der Waals surface area contributed by atoms with Gasteiger partial charge in [-0.25, -0.2) is 9.48 Å². The summed E-state index contributed by atoms with van der Waals surface area (Å²) in [5.41, 5.74) is 7.45. The van der Waals surface area contributed by atoms with Gasteiger partial charge in [-0.05, 0) is 11.6 Å². The van der Waals surface area contributed by atoms with E-state index in [0.29, 0.717) is 24.0 Å². The zero-order valence-corrected chi connectivity index (χ0v) is 12.2. The van der Waals surface area contributed by atoms with Crippen molar-refractivity contribution in [2.24, 2.45) is 10.7 Å². The molecule has 0 amide bonds. The first kappa shape index (κ1) is 13.5. The number of aromatic amines is 1. The number of hydrogen-bond acceptors (Lipinski definition) is 5. The fourth-order valence-corrected chi connectivity index (χ4v) is 2.59. The second-order valence-electron chi connectivity index (χ2n) is 5.25. The van der Waals surface area contributed by atoms with Crippen molar-refractivity contribution in [2.75, 3.05) is 0 Å². The standard InChI is InChI=1S/C15H15N7O/c16-12-11-13(20-14(19-12)22-8-4-7-17-22)21(15(23)18-11)9-10-5-2-1-3-6-10/h1-8,12H,9,16H2,(H,18,23)(H,19,20). The van der Waals surface area contributed by atoms with Gasteiger partial charge < -0.3 is 16.0 Å². The Morgan fingerprint density at radius 3 is 2.78 bits per heavy atom. The van der Waals surface area contributed by atoms with E-state index in [1.807, 2.05) is 30.3 Å². The number of aromatic nitrogens is 4. The quantitative estimate of drug-likeness (QED) is 0.641. The van der Waals surface area contributed by atoms with E-state index in [2.05, 4.69) is 20.4 Å². The first-order chi connectivity index (χ1) is 11.2. The molecular weight excluding hydrogens is 294 g/mol. The van der Waals surface area contributed by atoms with E-state index in [-0.39, 0.29) is 5.69 Å². The largest absolute Gasteiger partial charge is 0.333 e. The molecule has 1 aliphatic rings. The Morgan fingerprint density at radius 1 is 1.22 bits per heavy atom. The lowest BCUT2D eigenvalue weighted by molar-refractivity contribution is 0.625. The van der Waals surface area contributed by atoms with Crippen molar-refractivity contribution in [3.8, 4) is 0 Å². The molecule has 8 heteroatoms. The number of nitrogens with zero attached hydrogens (tertiary/aromatic N) is 4. The van der Waals surface area contributed by atoms with Crippen LogP contribution in [-0.2, 0) is 6.54 Å². The van der Waals surface area contributed by atoms with Crippen molar-refractivity contribution in [3.05, 3.63) is 70.5 Å². The molecule has 4 rings (SSSR count). The fraction of sp³-hybridized carbons (Fsp3) is 0.133. The lowest BCUT2D eigenvalue weighted by Crippen LogP contribution is -2.40. The van der Waals surface area contributed by atoms with Crippen molar-refractivity contribution in [3.63, 3.8) is 0 Å². The lowest BCUT2D eigenvalue weighted by atomic mass is 10.2. The van der Waals surface area contributed by atoms with Crippen molar-refractivity contribution in [1.82, 2.24) is 24.6 Å². The number of benzene rings is 1. The maximum absolute atomic E-state index is 12.3. The van der Waals surface area contributed by atoms with Crippen LogP contribution in [0.15, 0.2) is 58.6 Å². The van der Waals surface area contributed by atoms with Crippen molar-refractivity contribution < 1.29 is 0 Å². The van der Waals surface area contributed by atoms with Gasteiger partial charge in [-0.1, -0.05) is 30.3 Å². The predicted octanol–water partition coefficient (Wildman–Crippen LogP) is 0.517. The van der Waals surface area contributed by atoms with Gasteiger partial charge in [-0.15, -0.1) is 0 Å². The summed E-state index contributed by atoms with van der Waals surface area (Å²) in [4.78, 5) is 19.6. The molecule has 1 unspecified atom stereocenters. The first-order valence-corrected chi connectivity index (χ1v) is 7.20. The minimum atomic E-state index is -0.550. The maximum atomic E-state index is 12.3. The molecule has 0 spiro atoms. The van der Waals surface area contributed by atoms with Gasteiger partial charge in [0, 0.05) is 12.4 Å². The third-order valence-electron chi connectivity index (χ3n) is 3.70.